The van der Waals surface area contributed by atoms with Gasteiger partial charge in [-0.15, -0.1) is 0 Å². The topological polar surface area (TPSA) is 12.4 Å². The molecule has 0 heterocycles. The summed E-state index contributed by atoms with van der Waals surface area (Å²) in [6, 6.07) is 8.53. The molecular formula is C13H17N. The highest BCUT2D eigenvalue weighted by Gasteiger charge is 1.96. The highest BCUT2D eigenvalue weighted by atomic mass is 14.7. The zero-order valence-electron chi connectivity index (χ0n) is 9.12. The lowest BCUT2D eigenvalue weighted by atomic mass is 10.1. The number of allylic oxidation sites excluding steroid dienone is 1. The van der Waals surface area contributed by atoms with Crippen molar-refractivity contribution in [1.29, 1.82) is 0 Å². The summed E-state index contributed by atoms with van der Waals surface area (Å²) in [5.74, 6) is 0. The maximum absolute atomic E-state index is 4.32. The summed E-state index contributed by atoms with van der Waals surface area (Å²) in [5.41, 5.74) is 3.64. The molecule has 0 saturated heterocycles. The van der Waals surface area contributed by atoms with E-state index in [0.29, 0.717) is 0 Å². The molecule has 0 aromatic heterocycles. The Balaban J connectivity index is 2.95. The Hall–Kier alpha value is -1.37. The van der Waals surface area contributed by atoms with E-state index in [0.717, 1.165) is 12.1 Å². The first kappa shape index (κ1) is 10.7. The summed E-state index contributed by atoms with van der Waals surface area (Å²) in [7, 11) is 0. The van der Waals surface area contributed by atoms with E-state index in [9.17, 15) is 0 Å². The van der Waals surface area contributed by atoms with Crippen molar-refractivity contribution in [3.8, 4) is 0 Å². The molecule has 1 heteroatoms. The number of rotatable bonds is 3. The predicted molar refractivity (Wildman–Crippen MR) is 62.8 cm³/mol. The zero-order chi connectivity index (χ0) is 10.4. The number of aryl methyl sites for hydroxylation is 1. The molecule has 1 aromatic rings. The third-order valence-corrected chi connectivity index (χ3v) is 2.17. The molecule has 0 amide bonds. The van der Waals surface area contributed by atoms with Crippen LogP contribution < -0.4 is 0 Å². The summed E-state index contributed by atoms with van der Waals surface area (Å²) in [4.78, 5) is 4.32. The van der Waals surface area contributed by atoms with E-state index in [2.05, 4.69) is 36.2 Å². The number of nitrogens with zero attached hydrogens (tertiary/aromatic N) is 1. The highest BCUT2D eigenvalue weighted by molar-refractivity contribution is 5.99. The standard InChI is InChI=1S/C13H17N/c1-4-9-14-11(3)13-8-6-7-12(5-2)10-13/h4,6-10H,5H2,1-3H3/b9-4-,14-11?. The molecule has 0 saturated carbocycles. The first-order chi connectivity index (χ1) is 6.77. The minimum Gasteiger partial charge on any atom is -0.261 e. The molecule has 1 rings (SSSR count). The average molecular weight is 187 g/mol. The molecule has 0 aliphatic heterocycles. The number of hydrogen-bond donors (Lipinski definition) is 0. The first-order valence-electron chi connectivity index (χ1n) is 5.02. The van der Waals surface area contributed by atoms with Gasteiger partial charge in [0.15, 0.2) is 0 Å². The van der Waals surface area contributed by atoms with Crippen molar-refractivity contribution < 1.29 is 0 Å². The normalized spacial score (nSPS) is 12.4. The number of benzene rings is 1. The fourth-order valence-electron chi connectivity index (χ4n) is 1.28. The van der Waals surface area contributed by atoms with Crippen LogP contribution in [0.4, 0.5) is 0 Å². The summed E-state index contributed by atoms with van der Waals surface area (Å²) in [5, 5.41) is 0. The van der Waals surface area contributed by atoms with Crippen LogP contribution in [0.15, 0.2) is 41.5 Å². The van der Waals surface area contributed by atoms with Gasteiger partial charge >= 0.3 is 0 Å². The van der Waals surface area contributed by atoms with Gasteiger partial charge in [-0.2, -0.15) is 0 Å². The predicted octanol–water partition coefficient (Wildman–Crippen LogP) is 3.59. The lowest BCUT2D eigenvalue weighted by molar-refractivity contribution is 1.14. The Morgan fingerprint density at radius 1 is 1.43 bits per heavy atom. The van der Waals surface area contributed by atoms with Gasteiger partial charge in [-0.25, -0.2) is 0 Å². The van der Waals surface area contributed by atoms with Crippen molar-refractivity contribution in [2.24, 2.45) is 4.99 Å². The minimum atomic E-state index is 1.07. The molecule has 0 aliphatic rings. The molecule has 0 unspecified atom stereocenters. The third-order valence-electron chi connectivity index (χ3n) is 2.17. The maximum atomic E-state index is 4.32. The summed E-state index contributed by atoms with van der Waals surface area (Å²) < 4.78 is 0. The Kier molecular flexibility index (Phi) is 4.11. The molecule has 0 bridgehead atoms. The molecule has 14 heavy (non-hydrogen) atoms. The summed E-state index contributed by atoms with van der Waals surface area (Å²) in [6.07, 6.45) is 4.84. The van der Waals surface area contributed by atoms with Crippen molar-refractivity contribution in [2.45, 2.75) is 27.2 Å². The van der Waals surface area contributed by atoms with Crippen LogP contribution >= 0.6 is 0 Å². The summed E-state index contributed by atoms with van der Waals surface area (Å²) >= 11 is 0. The molecule has 1 aromatic carbocycles. The van der Waals surface area contributed by atoms with E-state index in [-0.39, 0.29) is 0 Å². The van der Waals surface area contributed by atoms with E-state index in [1.807, 2.05) is 26.1 Å². The molecule has 0 N–H and O–H groups in total. The lowest BCUT2D eigenvalue weighted by Gasteiger charge is -2.01. The van der Waals surface area contributed by atoms with Crippen molar-refractivity contribution in [1.82, 2.24) is 0 Å². The van der Waals surface area contributed by atoms with Gasteiger partial charge in [-0.05, 0) is 37.5 Å². The van der Waals surface area contributed by atoms with E-state index in [4.69, 9.17) is 0 Å². The monoisotopic (exact) mass is 187 g/mol. The first-order valence-corrected chi connectivity index (χ1v) is 5.02. The quantitative estimate of drug-likeness (QED) is 0.641. The van der Waals surface area contributed by atoms with Crippen LogP contribution in [0.1, 0.15) is 31.9 Å². The fraction of sp³-hybridized carbons (Fsp3) is 0.308. The Morgan fingerprint density at radius 3 is 2.86 bits per heavy atom. The number of hydrogen-bond acceptors (Lipinski definition) is 1. The van der Waals surface area contributed by atoms with Crippen molar-refractivity contribution in [2.75, 3.05) is 0 Å². The van der Waals surface area contributed by atoms with Gasteiger partial charge in [0.1, 0.15) is 0 Å². The third kappa shape index (κ3) is 2.84. The van der Waals surface area contributed by atoms with Gasteiger partial charge in [0.2, 0.25) is 0 Å². The molecule has 74 valence electrons. The molecule has 0 aliphatic carbocycles. The van der Waals surface area contributed by atoms with Crippen LogP contribution in [0.2, 0.25) is 0 Å². The van der Waals surface area contributed by atoms with E-state index >= 15 is 0 Å². The second-order valence-electron chi connectivity index (χ2n) is 3.25. The molecule has 1 nitrogen and oxygen atoms in total. The Labute approximate surface area is 86.2 Å². The molecule has 0 atom stereocenters. The molecule has 0 spiro atoms. The molecule has 0 fully saturated rings. The van der Waals surface area contributed by atoms with Crippen LogP contribution in [0, 0.1) is 0 Å². The van der Waals surface area contributed by atoms with E-state index in [1.165, 1.54) is 11.1 Å². The second kappa shape index (κ2) is 5.38. The van der Waals surface area contributed by atoms with Crippen molar-refractivity contribution >= 4 is 5.71 Å². The van der Waals surface area contributed by atoms with E-state index < -0.39 is 0 Å². The van der Waals surface area contributed by atoms with Crippen molar-refractivity contribution in [3.63, 3.8) is 0 Å². The second-order valence-corrected chi connectivity index (χ2v) is 3.25. The van der Waals surface area contributed by atoms with Gasteiger partial charge in [0, 0.05) is 11.9 Å². The van der Waals surface area contributed by atoms with Crippen LogP contribution in [0.25, 0.3) is 0 Å². The fourth-order valence-corrected chi connectivity index (χ4v) is 1.28. The SMILES string of the molecule is C/C=C\N=C(C)c1cccc(CC)c1. The van der Waals surface area contributed by atoms with Gasteiger partial charge in [-0.1, -0.05) is 31.2 Å². The Morgan fingerprint density at radius 2 is 2.21 bits per heavy atom. The van der Waals surface area contributed by atoms with Gasteiger partial charge in [0.05, 0.1) is 0 Å². The maximum Gasteiger partial charge on any atom is 0.0444 e. The average Bonchev–Trinajstić information content (AvgIpc) is 2.26. The molecule has 0 radical (unpaired) electrons. The van der Waals surface area contributed by atoms with Crippen LogP contribution in [0.5, 0.6) is 0 Å². The largest absolute Gasteiger partial charge is 0.261 e. The lowest BCUT2D eigenvalue weighted by Crippen LogP contribution is -1.94. The minimum absolute atomic E-state index is 1.07. The van der Waals surface area contributed by atoms with Gasteiger partial charge in [-0.3, -0.25) is 4.99 Å². The number of aliphatic imine (C=N–C) groups is 1. The van der Waals surface area contributed by atoms with Crippen LogP contribution in [-0.4, -0.2) is 5.71 Å². The van der Waals surface area contributed by atoms with E-state index in [1.54, 1.807) is 0 Å². The van der Waals surface area contributed by atoms with Gasteiger partial charge < -0.3 is 0 Å². The van der Waals surface area contributed by atoms with Crippen molar-refractivity contribution in [3.05, 3.63) is 47.7 Å². The Bertz CT molecular complexity index is 348. The summed E-state index contributed by atoms with van der Waals surface area (Å²) in [6.45, 7) is 6.17. The van der Waals surface area contributed by atoms with Crippen LogP contribution in [0.3, 0.4) is 0 Å². The molecular weight excluding hydrogens is 170 g/mol. The zero-order valence-corrected chi connectivity index (χ0v) is 9.12. The van der Waals surface area contributed by atoms with Gasteiger partial charge in [0.25, 0.3) is 0 Å². The highest BCUT2D eigenvalue weighted by Crippen LogP contribution is 2.07. The van der Waals surface area contributed by atoms with Crippen LogP contribution in [-0.2, 0) is 6.42 Å². The smallest absolute Gasteiger partial charge is 0.0444 e.